The zero-order valence-electron chi connectivity index (χ0n) is 27.9. The number of para-hydroxylation sites is 4. The average Bonchev–Trinajstić information content (AvgIpc) is 3.32. The summed E-state index contributed by atoms with van der Waals surface area (Å²) in [5, 5.41) is 22.9. The van der Waals surface area contributed by atoms with Gasteiger partial charge in [-0.1, -0.05) is 45.5 Å². The Morgan fingerprint density at radius 2 is 1.26 bits per heavy atom. The van der Waals surface area contributed by atoms with Crippen LogP contribution in [-0.4, -0.2) is 97.1 Å². The van der Waals surface area contributed by atoms with E-state index in [1.54, 1.807) is 0 Å². The Morgan fingerprint density at radius 3 is 1.80 bits per heavy atom. The highest BCUT2D eigenvalue weighted by Gasteiger charge is 2.41. The number of piperidine rings is 2. The number of ether oxygens (including phenoxy) is 2. The summed E-state index contributed by atoms with van der Waals surface area (Å²) in [5.74, 6) is 1.99. The molecule has 2 saturated heterocycles. The molecule has 0 aliphatic carbocycles. The van der Waals surface area contributed by atoms with Crippen molar-refractivity contribution in [1.29, 1.82) is 0 Å². The largest absolute Gasteiger partial charge is 0.485 e. The number of nitrogens with zero attached hydrogens (tertiary/aromatic N) is 3. The van der Waals surface area contributed by atoms with Crippen LogP contribution in [-0.2, 0) is 4.79 Å². The molecular formula is C35H58B2N4O5. The average molecular weight is 636 g/mol. The maximum Gasteiger partial charge on any atom is 0.376 e. The quantitative estimate of drug-likeness (QED) is 0.283. The standard InChI is InChI=1S/C17H27BN2O2.C14H21BN2O2.C3H6O.CH4/c1-3-11-19-12-8-17(9-13-20(14-10-17)18(2)21)22-16-7-5-4-6-15(16)19;1-15(18)17-10-7-14(8-11-17)6-9-16-12-4-2-3-5-13(12)19-14;1-2-3-4;/h4-7,21H,3,8-14H2,1-2H3;2-5,16,18H,6-11H2,1H3;3H,2H2,1H3;1H4. The number of carbonyl (C=O) groups is 1. The minimum Gasteiger partial charge on any atom is -0.485 e. The molecule has 4 aliphatic heterocycles. The molecule has 2 aromatic rings. The molecular weight excluding hydrogens is 578 g/mol. The van der Waals surface area contributed by atoms with Gasteiger partial charge in [0.1, 0.15) is 29.0 Å². The van der Waals surface area contributed by atoms with E-state index in [0.29, 0.717) is 6.42 Å². The highest BCUT2D eigenvalue weighted by atomic mass is 16.5. The van der Waals surface area contributed by atoms with Crippen LogP contribution < -0.4 is 19.7 Å². The predicted octanol–water partition coefficient (Wildman–Crippen LogP) is 5.69. The van der Waals surface area contributed by atoms with Crippen molar-refractivity contribution in [2.75, 3.05) is 56.0 Å². The van der Waals surface area contributed by atoms with Crippen LogP contribution in [0.4, 0.5) is 11.4 Å². The Labute approximate surface area is 278 Å². The second-order valence-electron chi connectivity index (χ2n) is 12.9. The van der Waals surface area contributed by atoms with Crippen LogP contribution in [0.3, 0.4) is 0 Å². The van der Waals surface area contributed by atoms with Gasteiger partial charge in [0.15, 0.2) is 0 Å². The fourth-order valence-electron chi connectivity index (χ4n) is 6.78. The van der Waals surface area contributed by atoms with Crippen molar-refractivity contribution in [3.8, 4) is 11.5 Å². The van der Waals surface area contributed by atoms with Gasteiger partial charge in [-0.15, -0.1) is 0 Å². The maximum absolute atomic E-state index is 9.77. The Bertz CT molecular complexity index is 1190. The van der Waals surface area contributed by atoms with E-state index in [9.17, 15) is 14.8 Å². The Balaban J connectivity index is 0.000000222. The molecule has 0 unspecified atom stereocenters. The number of hydrogen-bond donors (Lipinski definition) is 3. The zero-order valence-corrected chi connectivity index (χ0v) is 27.9. The van der Waals surface area contributed by atoms with E-state index >= 15 is 0 Å². The molecule has 0 aromatic heterocycles. The summed E-state index contributed by atoms with van der Waals surface area (Å²) in [7, 11) is -0.708. The molecule has 4 aliphatic rings. The first-order chi connectivity index (χ1) is 21.7. The molecule has 0 atom stereocenters. The van der Waals surface area contributed by atoms with Crippen LogP contribution in [0.15, 0.2) is 48.5 Å². The molecule has 2 aromatic carbocycles. The van der Waals surface area contributed by atoms with Gasteiger partial charge < -0.3 is 44.2 Å². The molecule has 2 spiro atoms. The molecule has 0 saturated carbocycles. The molecule has 46 heavy (non-hydrogen) atoms. The van der Waals surface area contributed by atoms with Gasteiger partial charge in [0.25, 0.3) is 0 Å². The number of carbonyl (C=O) groups excluding carboxylic acids is 1. The molecule has 4 heterocycles. The van der Waals surface area contributed by atoms with Crippen molar-refractivity contribution >= 4 is 31.8 Å². The molecule has 254 valence electrons. The number of hydrogen-bond acceptors (Lipinski definition) is 9. The summed E-state index contributed by atoms with van der Waals surface area (Å²) in [4.78, 5) is 15.9. The first-order valence-corrected chi connectivity index (χ1v) is 17.1. The van der Waals surface area contributed by atoms with E-state index in [1.807, 2.05) is 38.8 Å². The summed E-state index contributed by atoms with van der Waals surface area (Å²) in [6.45, 7) is 14.4. The first kappa shape index (κ1) is 37.7. The number of aldehydes is 1. The molecule has 0 bridgehead atoms. The van der Waals surface area contributed by atoms with E-state index in [-0.39, 0.29) is 32.7 Å². The smallest absolute Gasteiger partial charge is 0.376 e. The molecule has 9 nitrogen and oxygen atoms in total. The summed E-state index contributed by atoms with van der Waals surface area (Å²) < 4.78 is 12.9. The third kappa shape index (κ3) is 9.89. The first-order valence-electron chi connectivity index (χ1n) is 17.1. The third-order valence-corrected chi connectivity index (χ3v) is 9.61. The summed E-state index contributed by atoms with van der Waals surface area (Å²) >= 11 is 0. The lowest BCUT2D eigenvalue weighted by Crippen LogP contribution is -2.52. The third-order valence-electron chi connectivity index (χ3n) is 9.61. The highest BCUT2D eigenvalue weighted by molar-refractivity contribution is 6.45. The normalized spacial score (nSPS) is 19.7. The minimum absolute atomic E-state index is 0. The number of benzene rings is 2. The molecule has 11 heteroatoms. The lowest BCUT2D eigenvalue weighted by atomic mass is 9.78. The highest BCUT2D eigenvalue weighted by Crippen LogP contribution is 2.41. The van der Waals surface area contributed by atoms with Gasteiger partial charge in [-0.2, -0.15) is 0 Å². The van der Waals surface area contributed by atoms with Gasteiger partial charge in [-0.3, -0.25) is 0 Å². The van der Waals surface area contributed by atoms with Crippen molar-refractivity contribution in [2.45, 2.75) is 97.5 Å². The van der Waals surface area contributed by atoms with Crippen molar-refractivity contribution in [3.05, 3.63) is 48.5 Å². The van der Waals surface area contributed by atoms with Gasteiger partial charge in [0.05, 0.1) is 11.4 Å². The summed E-state index contributed by atoms with van der Waals surface area (Å²) in [6.07, 6.45) is 8.70. The zero-order chi connectivity index (χ0) is 32.3. The molecule has 6 rings (SSSR count). The summed E-state index contributed by atoms with van der Waals surface area (Å²) in [5.41, 5.74) is 2.20. The van der Waals surface area contributed by atoms with Crippen molar-refractivity contribution in [3.63, 3.8) is 0 Å². The van der Waals surface area contributed by atoms with Crippen molar-refractivity contribution in [1.82, 2.24) is 9.62 Å². The van der Waals surface area contributed by atoms with E-state index in [1.165, 1.54) is 5.69 Å². The Kier molecular flexibility index (Phi) is 14.8. The van der Waals surface area contributed by atoms with E-state index in [2.05, 4.69) is 57.1 Å². The van der Waals surface area contributed by atoms with Gasteiger partial charge in [-0.25, -0.2) is 0 Å². The van der Waals surface area contributed by atoms with Crippen LogP contribution in [0, 0.1) is 0 Å². The van der Waals surface area contributed by atoms with Crippen LogP contribution >= 0.6 is 0 Å². The molecule has 3 N–H and O–H groups in total. The number of anilines is 2. The second-order valence-corrected chi connectivity index (χ2v) is 12.9. The van der Waals surface area contributed by atoms with Gasteiger partial charge in [0.2, 0.25) is 0 Å². The lowest BCUT2D eigenvalue weighted by molar-refractivity contribution is -0.107. The van der Waals surface area contributed by atoms with Crippen LogP contribution in [0.1, 0.15) is 72.6 Å². The lowest BCUT2D eigenvalue weighted by Gasteiger charge is -2.41. The van der Waals surface area contributed by atoms with Crippen LogP contribution in [0.2, 0.25) is 13.6 Å². The van der Waals surface area contributed by atoms with Crippen LogP contribution in [0.25, 0.3) is 0 Å². The second kappa shape index (κ2) is 18.0. The monoisotopic (exact) mass is 636 g/mol. The van der Waals surface area contributed by atoms with E-state index in [0.717, 1.165) is 114 Å². The van der Waals surface area contributed by atoms with E-state index in [4.69, 9.17) is 9.47 Å². The minimum atomic E-state index is -0.355. The fraction of sp³-hybridized carbons (Fsp3) is 0.629. The fourth-order valence-corrected chi connectivity index (χ4v) is 6.78. The molecule has 0 radical (unpaired) electrons. The Hall–Kier alpha value is -2.72. The van der Waals surface area contributed by atoms with Gasteiger partial charge in [-0.05, 0) is 96.2 Å². The topological polar surface area (TPSA) is 97.7 Å². The van der Waals surface area contributed by atoms with Crippen molar-refractivity contribution in [2.24, 2.45) is 0 Å². The maximum atomic E-state index is 9.77. The van der Waals surface area contributed by atoms with Gasteiger partial charge in [0, 0.05) is 38.9 Å². The number of nitrogens with one attached hydrogen (secondary N) is 1. The molecule has 2 fully saturated rings. The predicted molar refractivity (Wildman–Crippen MR) is 192 cm³/mol. The number of rotatable bonds is 5. The number of fused-ring (bicyclic) bond motifs is 2. The van der Waals surface area contributed by atoms with Gasteiger partial charge >= 0.3 is 14.1 Å². The van der Waals surface area contributed by atoms with E-state index < -0.39 is 0 Å². The SMILES string of the molecule is C.CB(O)N1CCC2(CCNc3ccccc3O2)CC1.CCC=O.CCCN1CCC2(CCN(B(C)O)CC2)Oc2ccccc21. The van der Waals surface area contributed by atoms with Crippen LogP contribution in [0.5, 0.6) is 11.5 Å². The Morgan fingerprint density at radius 1 is 0.783 bits per heavy atom. The molecule has 0 amide bonds. The van der Waals surface area contributed by atoms with Crippen molar-refractivity contribution < 1.29 is 24.3 Å². The summed E-state index contributed by atoms with van der Waals surface area (Å²) in [6, 6.07) is 16.6.